The molecule has 1 saturated carbocycles. The van der Waals surface area contributed by atoms with Crippen LogP contribution in [0.25, 0.3) is 6.08 Å². The van der Waals surface area contributed by atoms with Crippen LogP contribution in [0.5, 0.6) is 5.75 Å². The van der Waals surface area contributed by atoms with Gasteiger partial charge in [0.15, 0.2) is 5.78 Å². The summed E-state index contributed by atoms with van der Waals surface area (Å²) >= 11 is 5.89. The van der Waals surface area contributed by atoms with E-state index in [2.05, 4.69) is 0 Å². The van der Waals surface area contributed by atoms with Crippen LogP contribution in [-0.4, -0.2) is 10.9 Å². The summed E-state index contributed by atoms with van der Waals surface area (Å²) in [6.07, 6.45) is 3.37. The summed E-state index contributed by atoms with van der Waals surface area (Å²) in [5, 5.41) is 9.98. The number of hydrogen-bond acceptors (Lipinski definition) is 3. The van der Waals surface area contributed by atoms with Gasteiger partial charge in [0.1, 0.15) is 5.75 Å². The zero-order chi connectivity index (χ0) is 16.4. The number of nitrogens with two attached hydrogens (primary N) is 1. The minimum absolute atomic E-state index is 0.112. The van der Waals surface area contributed by atoms with Crippen LogP contribution in [0.2, 0.25) is 5.02 Å². The van der Waals surface area contributed by atoms with Gasteiger partial charge in [0.25, 0.3) is 0 Å². The van der Waals surface area contributed by atoms with E-state index in [4.69, 9.17) is 17.3 Å². The molecular formula is C19H18ClNO2. The predicted octanol–water partition coefficient (Wildman–Crippen LogP) is 4.11. The van der Waals surface area contributed by atoms with Crippen molar-refractivity contribution < 1.29 is 9.90 Å². The highest BCUT2D eigenvalue weighted by atomic mass is 35.5. The first-order valence-corrected chi connectivity index (χ1v) is 7.97. The lowest BCUT2D eigenvalue weighted by Gasteiger charge is -2.18. The summed E-state index contributed by atoms with van der Waals surface area (Å²) in [6.45, 7) is 0. The number of phenolic OH excluding ortho intramolecular Hbond substituents is 1. The molecule has 2 aromatic rings. The molecule has 0 aliphatic heterocycles. The largest absolute Gasteiger partial charge is 0.508 e. The number of carbonyl (C=O) groups excluding carboxylic acids is 1. The maximum absolute atomic E-state index is 12.6. The number of allylic oxidation sites excluding steroid dienone is 1. The van der Waals surface area contributed by atoms with Crippen LogP contribution in [-0.2, 0) is 4.79 Å². The van der Waals surface area contributed by atoms with Crippen LogP contribution < -0.4 is 5.73 Å². The second-order valence-electron chi connectivity index (χ2n) is 5.85. The minimum Gasteiger partial charge on any atom is -0.508 e. The summed E-state index contributed by atoms with van der Waals surface area (Å²) in [6, 6.07) is 13.8. The first kappa shape index (κ1) is 15.8. The molecule has 3 nitrogen and oxygen atoms in total. The summed E-state index contributed by atoms with van der Waals surface area (Å²) in [5.41, 5.74) is 8.93. The topological polar surface area (TPSA) is 63.3 Å². The number of hydrogen-bond donors (Lipinski definition) is 2. The van der Waals surface area contributed by atoms with Gasteiger partial charge in [-0.15, -0.1) is 0 Å². The second kappa shape index (κ2) is 6.57. The molecule has 1 fully saturated rings. The molecule has 2 atom stereocenters. The van der Waals surface area contributed by atoms with Crippen molar-refractivity contribution in [3.8, 4) is 5.75 Å². The average molecular weight is 328 g/mol. The molecular weight excluding hydrogens is 310 g/mol. The highest BCUT2D eigenvalue weighted by molar-refractivity contribution is 6.30. The van der Waals surface area contributed by atoms with Crippen molar-refractivity contribution in [3.63, 3.8) is 0 Å². The lowest BCUT2D eigenvalue weighted by Crippen LogP contribution is -2.24. The predicted molar refractivity (Wildman–Crippen MR) is 92.2 cm³/mol. The van der Waals surface area contributed by atoms with Crippen LogP contribution in [0.4, 0.5) is 0 Å². The Balaban J connectivity index is 1.78. The van der Waals surface area contributed by atoms with E-state index in [1.54, 1.807) is 36.4 Å². The monoisotopic (exact) mass is 327 g/mol. The number of phenols is 1. The van der Waals surface area contributed by atoms with Crippen molar-refractivity contribution in [2.45, 2.75) is 18.9 Å². The molecule has 118 valence electrons. The zero-order valence-corrected chi connectivity index (χ0v) is 13.3. The molecule has 0 saturated heterocycles. The van der Waals surface area contributed by atoms with Gasteiger partial charge < -0.3 is 10.8 Å². The maximum atomic E-state index is 12.6. The fourth-order valence-corrected chi connectivity index (χ4v) is 3.10. The van der Waals surface area contributed by atoms with E-state index in [1.807, 2.05) is 18.2 Å². The van der Waals surface area contributed by atoms with Gasteiger partial charge in [-0.2, -0.15) is 0 Å². The van der Waals surface area contributed by atoms with Crippen LogP contribution >= 0.6 is 11.6 Å². The van der Waals surface area contributed by atoms with Gasteiger partial charge >= 0.3 is 0 Å². The molecule has 2 unspecified atom stereocenters. The zero-order valence-electron chi connectivity index (χ0n) is 12.6. The Morgan fingerprint density at radius 1 is 1.13 bits per heavy atom. The maximum Gasteiger partial charge on any atom is 0.163 e. The van der Waals surface area contributed by atoms with Gasteiger partial charge in [0, 0.05) is 17.0 Å². The van der Waals surface area contributed by atoms with Crippen molar-refractivity contribution in [1.82, 2.24) is 0 Å². The normalized spacial score (nSPS) is 20.9. The molecule has 2 aromatic carbocycles. The number of rotatable bonds is 3. The van der Waals surface area contributed by atoms with Crippen molar-refractivity contribution in [3.05, 3.63) is 70.3 Å². The third-order valence-electron chi connectivity index (χ3n) is 4.30. The van der Waals surface area contributed by atoms with Gasteiger partial charge in [-0.05, 0) is 59.9 Å². The van der Waals surface area contributed by atoms with Crippen molar-refractivity contribution in [1.29, 1.82) is 0 Å². The standard InChI is InChI=1S/C19H18ClNO2/c20-15-6-3-13(4-7-15)18(21)17-10-5-14(19(17)23)11-12-1-8-16(22)9-2-12/h1-4,6-9,11,17-18,22H,5,10,21H2. The Morgan fingerprint density at radius 2 is 1.78 bits per heavy atom. The van der Waals surface area contributed by atoms with Crippen LogP contribution in [0.1, 0.15) is 30.0 Å². The van der Waals surface area contributed by atoms with E-state index in [0.29, 0.717) is 5.02 Å². The lowest BCUT2D eigenvalue weighted by atomic mass is 9.91. The number of carbonyl (C=O) groups is 1. The molecule has 4 heteroatoms. The highest BCUT2D eigenvalue weighted by Crippen LogP contribution is 2.36. The van der Waals surface area contributed by atoms with Gasteiger partial charge in [0.2, 0.25) is 0 Å². The van der Waals surface area contributed by atoms with E-state index < -0.39 is 0 Å². The number of halogens is 1. The third-order valence-corrected chi connectivity index (χ3v) is 4.55. The number of aromatic hydroxyl groups is 1. The number of benzene rings is 2. The van der Waals surface area contributed by atoms with Crippen LogP contribution in [0, 0.1) is 5.92 Å². The summed E-state index contributed by atoms with van der Waals surface area (Å²) in [5.74, 6) is 0.132. The van der Waals surface area contributed by atoms with Gasteiger partial charge in [-0.1, -0.05) is 35.9 Å². The van der Waals surface area contributed by atoms with E-state index in [9.17, 15) is 9.90 Å². The molecule has 0 heterocycles. The first-order valence-electron chi connectivity index (χ1n) is 7.59. The van der Waals surface area contributed by atoms with E-state index in [1.165, 1.54) is 0 Å². The SMILES string of the molecule is NC(c1ccc(Cl)cc1)C1CCC(=Cc2ccc(O)cc2)C1=O. The molecule has 3 rings (SSSR count). The Labute approximate surface area is 140 Å². The highest BCUT2D eigenvalue weighted by Gasteiger charge is 2.34. The van der Waals surface area contributed by atoms with Crippen LogP contribution in [0.3, 0.4) is 0 Å². The molecule has 0 amide bonds. The average Bonchev–Trinajstić information content (AvgIpc) is 2.90. The Kier molecular flexibility index (Phi) is 4.51. The quantitative estimate of drug-likeness (QED) is 0.834. The first-order chi connectivity index (χ1) is 11.0. The summed E-state index contributed by atoms with van der Waals surface area (Å²) < 4.78 is 0. The fraction of sp³-hybridized carbons (Fsp3) is 0.211. The molecule has 1 aliphatic carbocycles. The van der Waals surface area contributed by atoms with Crippen molar-refractivity contribution in [2.75, 3.05) is 0 Å². The smallest absolute Gasteiger partial charge is 0.163 e. The van der Waals surface area contributed by atoms with Gasteiger partial charge in [-0.3, -0.25) is 4.79 Å². The lowest BCUT2D eigenvalue weighted by molar-refractivity contribution is -0.118. The van der Waals surface area contributed by atoms with Crippen molar-refractivity contribution in [2.24, 2.45) is 11.7 Å². The molecule has 0 bridgehead atoms. The molecule has 3 N–H and O–H groups in total. The summed E-state index contributed by atoms with van der Waals surface area (Å²) in [4.78, 5) is 12.6. The van der Waals surface area contributed by atoms with E-state index >= 15 is 0 Å². The van der Waals surface area contributed by atoms with Crippen molar-refractivity contribution >= 4 is 23.5 Å². The molecule has 0 aromatic heterocycles. The van der Waals surface area contributed by atoms with Crippen LogP contribution in [0.15, 0.2) is 54.1 Å². The number of ketones is 1. The third kappa shape index (κ3) is 3.46. The van der Waals surface area contributed by atoms with Gasteiger partial charge in [0.05, 0.1) is 0 Å². The number of Topliss-reactive ketones (excluding diaryl/α,β-unsaturated/α-hetero) is 1. The summed E-state index contributed by atoms with van der Waals surface area (Å²) in [7, 11) is 0. The van der Waals surface area contributed by atoms with E-state index in [0.717, 1.165) is 29.5 Å². The molecule has 1 aliphatic rings. The second-order valence-corrected chi connectivity index (χ2v) is 6.28. The Hall–Kier alpha value is -2.10. The molecule has 0 radical (unpaired) electrons. The Morgan fingerprint density at radius 3 is 2.43 bits per heavy atom. The minimum atomic E-state index is -0.314. The molecule has 23 heavy (non-hydrogen) atoms. The van der Waals surface area contributed by atoms with Gasteiger partial charge in [-0.25, -0.2) is 0 Å². The van der Waals surface area contributed by atoms with E-state index in [-0.39, 0.29) is 23.5 Å². The fourth-order valence-electron chi connectivity index (χ4n) is 2.98. The molecule has 0 spiro atoms. The Bertz CT molecular complexity index is 735.